The van der Waals surface area contributed by atoms with Gasteiger partial charge in [-0.25, -0.2) is 65.8 Å². The van der Waals surface area contributed by atoms with Gasteiger partial charge in [-0.3, -0.25) is 0 Å². The predicted octanol–water partition coefficient (Wildman–Crippen LogP) is 9.25. The lowest BCUT2D eigenvalue weighted by Crippen LogP contribution is -2.31. The van der Waals surface area contributed by atoms with Crippen LogP contribution in [0.25, 0.3) is 118 Å². The first-order valence-electron chi connectivity index (χ1n) is 35.1. The van der Waals surface area contributed by atoms with Crippen molar-refractivity contribution >= 4 is 111 Å². The summed E-state index contributed by atoms with van der Waals surface area (Å²) in [6, 6.07) is 46.9. The normalized spacial score (nSPS) is 16.5. The number of imidazole rings is 3. The van der Waals surface area contributed by atoms with Crippen molar-refractivity contribution in [2.75, 3.05) is 0 Å². The molecule has 492 valence electrons. The number of hydrogen-bond donors (Lipinski definition) is 0. The van der Waals surface area contributed by atoms with E-state index in [2.05, 4.69) is 180 Å². The Kier molecular flexibility index (Phi) is 11.8. The number of aromatic nitrogens is 20. The van der Waals surface area contributed by atoms with Crippen LogP contribution in [0.15, 0.2) is 241 Å². The fourth-order valence-corrected chi connectivity index (χ4v) is 19.5. The van der Waals surface area contributed by atoms with E-state index in [1.54, 1.807) is 35.5 Å². The Morgan fingerprint density at radius 1 is 0.456 bits per heavy atom. The molecule has 25 heterocycles. The van der Waals surface area contributed by atoms with Crippen molar-refractivity contribution in [1.82, 2.24) is 77.1 Å². The van der Waals surface area contributed by atoms with E-state index in [-0.39, 0.29) is 10.7 Å². The Balaban J connectivity index is 0.0000000830. The van der Waals surface area contributed by atoms with E-state index >= 15 is 0 Å². The Bertz CT molecular complexity index is 7020. The molecule has 1 aromatic carbocycles. The molecule has 18 aromatic rings. The highest BCUT2D eigenvalue weighted by Gasteiger charge is 2.54. The number of rotatable bonds is 1. The van der Waals surface area contributed by atoms with Crippen LogP contribution in [0.4, 0.5) is 0 Å². The van der Waals surface area contributed by atoms with E-state index in [0.717, 1.165) is 116 Å². The van der Waals surface area contributed by atoms with Gasteiger partial charge in [-0.2, -0.15) is 29.5 Å². The molecule has 103 heavy (non-hydrogen) atoms. The molecule has 0 fully saturated rings. The monoisotopic (exact) mass is 1390 g/mol. The van der Waals surface area contributed by atoms with Crippen LogP contribution in [0, 0.1) is 0 Å². The van der Waals surface area contributed by atoms with Crippen LogP contribution in [0.3, 0.4) is 0 Å². The number of aryl methyl sites for hydroxylation is 2. The fourth-order valence-electron chi connectivity index (χ4n) is 15.9. The second-order valence-corrected chi connectivity index (χ2v) is 28.6. The smallest absolute Gasteiger partial charge is 0.395 e. The summed E-state index contributed by atoms with van der Waals surface area (Å²) in [5.41, 5.74) is 24.7. The van der Waals surface area contributed by atoms with Gasteiger partial charge in [-0.1, -0.05) is 36.4 Å². The van der Waals surface area contributed by atoms with Crippen LogP contribution in [-0.4, -0.2) is 113 Å². The summed E-state index contributed by atoms with van der Waals surface area (Å²) < 4.78 is 56.7. The fraction of sp³-hybridized carbons (Fsp3) is 0.104. The molecule has 0 spiro atoms. The van der Waals surface area contributed by atoms with Crippen LogP contribution in [-0.2, 0) is 46.7 Å². The van der Waals surface area contributed by atoms with Crippen molar-refractivity contribution in [1.29, 1.82) is 0 Å². The van der Waals surface area contributed by atoms with Gasteiger partial charge in [-0.05, 0) is 125 Å². The molecule has 24 nitrogen and oxygen atoms in total. The molecule has 2 unspecified atom stereocenters. The molecule has 0 saturated carbocycles. The van der Waals surface area contributed by atoms with E-state index in [1.807, 2.05) is 152 Å². The van der Waals surface area contributed by atoms with E-state index in [4.69, 9.17) is 8.53 Å². The Morgan fingerprint density at radius 3 is 1.51 bits per heavy atom. The van der Waals surface area contributed by atoms with E-state index in [0.29, 0.717) is 23.1 Å². The van der Waals surface area contributed by atoms with Crippen LogP contribution in [0.2, 0.25) is 0 Å². The standard InChI is InChI=1S/C20H14N5.2C15H12N5.C14H9N4O.C13H10N4S2/c1-2-7-15(8-3-1)25-17-13-24-16(9-5-11-22-24)19(17)23-12-14-6-4-10-21-18(14)20(23)25;2*1-18-12-9-20-11(5-3-7-17-20)14(12)19-8-10-4-2-6-16-13(10)15(18)19;1-3-9-7-17-13-10-4-2-6-16-18(10)8-11(13)19-14(17)12(9)15-5-1;1-3-9-7-16-12(11(9)14-4-1)18-10-8-17-15-5-2-6-19(17)13(10)16/h1-11,13H,12H2;2*2-7,9H,8H2,1H3;1-6,8H,7H2;1-6,8,10H,7H2/q4*+1;+2/i;1D3;;;. The number of hydrazone groups is 1. The number of pyridine rings is 5. The summed E-state index contributed by atoms with van der Waals surface area (Å²) >= 11 is 1.91. The molecule has 26 rings (SSSR count). The SMILES string of the molecule is C1=CS2=C3C(C=[N+]2N=C1)SC1=[N+]3Cc2cccnc21.Cn1c2[n+](c3c1cn1ncccc31)Cc1cccnc1-2.[2H]C([2H])([2H])n1c2[n+](c3c1cn1ncccc31)Cc1cccnc1-2.c1ccc(-n2c3[n+](c4c2cn2ncccc42)Cc2cccnc2-3)cc1.c1cnc2c(c1)C[n+]1c-2oc2cn3ncccc3c21. The van der Waals surface area contributed by atoms with Gasteiger partial charge in [0.2, 0.25) is 33.9 Å². The van der Waals surface area contributed by atoms with Crippen molar-refractivity contribution in [2.45, 2.75) is 38.0 Å². The Labute approximate surface area is 594 Å². The number of para-hydroxylation sites is 1. The molecule has 0 amide bonds. The van der Waals surface area contributed by atoms with E-state index < -0.39 is 6.98 Å². The highest BCUT2D eigenvalue weighted by molar-refractivity contribution is 8.20. The number of allylic oxidation sites excluding steroid dienone is 1. The second-order valence-electron chi connectivity index (χ2n) is 25.8. The lowest BCUT2D eigenvalue weighted by atomic mass is 10.2. The average molecular weight is 1390 g/mol. The minimum atomic E-state index is -2.29. The zero-order valence-electron chi connectivity index (χ0n) is 57.7. The van der Waals surface area contributed by atoms with Gasteiger partial charge >= 0.3 is 23.4 Å². The largest absolute Gasteiger partial charge is 0.401 e. The van der Waals surface area contributed by atoms with Crippen molar-refractivity contribution in [2.24, 2.45) is 19.1 Å². The van der Waals surface area contributed by atoms with Gasteiger partial charge in [-0.15, -0.1) is 4.57 Å². The zero-order valence-corrected chi connectivity index (χ0v) is 56.4. The number of nitrogens with zero attached hydrogens (tertiary/aromatic N) is 23. The number of thioether (sulfide) groups is 1. The maximum Gasteiger partial charge on any atom is 0.401 e. The molecule has 0 saturated heterocycles. The lowest BCUT2D eigenvalue weighted by Gasteiger charge is -2.00. The Hall–Kier alpha value is -13.1. The quantitative estimate of drug-likeness (QED) is 0.112. The van der Waals surface area contributed by atoms with Crippen LogP contribution < -0.4 is 18.3 Å². The van der Waals surface area contributed by atoms with Crippen molar-refractivity contribution < 1.29 is 35.5 Å². The van der Waals surface area contributed by atoms with Crippen LogP contribution in [0.1, 0.15) is 37.6 Å². The molecule has 0 N–H and O–H groups in total. The molecule has 0 aliphatic carbocycles. The molecular weight excluding hydrogens is 1330 g/mol. The van der Waals surface area contributed by atoms with E-state index in [9.17, 15) is 0 Å². The van der Waals surface area contributed by atoms with Crippen molar-refractivity contribution in [3.05, 3.63) is 265 Å². The van der Waals surface area contributed by atoms with Crippen molar-refractivity contribution in [3.63, 3.8) is 0 Å². The number of oxazole rings is 1. The van der Waals surface area contributed by atoms with Crippen molar-refractivity contribution in [3.8, 4) is 51.8 Å². The maximum atomic E-state index is 7.98. The van der Waals surface area contributed by atoms with Gasteiger partial charge in [0, 0.05) is 88.5 Å². The lowest BCUT2D eigenvalue weighted by molar-refractivity contribution is -0.648. The third kappa shape index (κ3) is 8.52. The highest BCUT2D eigenvalue weighted by atomic mass is 32.2. The summed E-state index contributed by atoms with van der Waals surface area (Å²) in [5, 5.41) is 25.9. The molecule has 0 radical (unpaired) electrons. The predicted molar refractivity (Wildman–Crippen MR) is 391 cm³/mol. The molecule has 26 heteroatoms. The third-order valence-electron chi connectivity index (χ3n) is 20.2. The number of fused-ring (bicyclic) bond motifs is 33. The summed E-state index contributed by atoms with van der Waals surface area (Å²) in [5.74, 6) is 3.79. The topological polar surface area (TPSA) is 195 Å². The zero-order chi connectivity index (χ0) is 70.2. The third-order valence-corrected chi connectivity index (χ3v) is 23.5. The van der Waals surface area contributed by atoms with Crippen LogP contribution in [0.5, 0.6) is 0 Å². The first-order chi connectivity index (χ1) is 52.1. The second kappa shape index (κ2) is 22.2. The molecule has 8 aliphatic heterocycles. The number of hydrogen-bond acceptors (Lipinski definition) is 12. The summed E-state index contributed by atoms with van der Waals surface area (Å²) in [6.07, 6.45) is 30.2. The van der Waals surface area contributed by atoms with E-state index in [1.165, 1.54) is 64.9 Å². The molecule has 2 atom stereocenters. The average Bonchev–Trinajstić information content (AvgIpc) is 1.55. The maximum absolute atomic E-state index is 7.98. The first-order valence-corrected chi connectivity index (χ1v) is 35.8. The summed E-state index contributed by atoms with van der Waals surface area (Å²) in [4.78, 5) is 24.1. The van der Waals surface area contributed by atoms with Gasteiger partial charge in [0.15, 0.2) is 68.5 Å². The molecule has 8 aliphatic rings. The minimum Gasteiger partial charge on any atom is -0.395 e. The Morgan fingerprint density at radius 2 is 0.922 bits per heavy atom. The van der Waals surface area contributed by atoms with Gasteiger partial charge in [0.05, 0.1) is 54.7 Å². The van der Waals surface area contributed by atoms with Gasteiger partial charge in [0.1, 0.15) is 47.4 Å². The van der Waals surface area contributed by atoms with Crippen LogP contribution >= 0.6 is 22.4 Å². The summed E-state index contributed by atoms with van der Waals surface area (Å²) in [6.45, 7) is 1.81. The molecule has 17 aromatic heterocycles. The first kappa shape index (κ1) is 54.8. The minimum absolute atomic E-state index is 0.0171. The molecule has 0 bridgehead atoms. The summed E-state index contributed by atoms with van der Waals surface area (Å²) in [7, 11) is 2.08. The van der Waals surface area contributed by atoms with Gasteiger partial charge in [0.25, 0.3) is 15.5 Å². The highest BCUT2D eigenvalue weighted by Crippen LogP contribution is 2.42. The van der Waals surface area contributed by atoms with Gasteiger partial charge < -0.3 is 4.42 Å². The molecular formula is C77H57N23OS2+6. The number of benzene rings is 1.